The Morgan fingerprint density at radius 2 is 2.00 bits per heavy atom. The van der Waals surface area contributed by atoms with Crippen LogP contribution in [0.2, 0.25) is 0 Å². The fraction of sp³-hybridized carbons (Fsp3) is 0.150. The molecule has 0 aliphatic rings. The highest BCUT2D eigenvalue weighted by Gasteiger charge is 2.14. The maximum atomic E-state index is 12.2. The van der Waals surface area contributed by atoms with Gasteiger partial charge in [-0.3, -0.25) is 19.6 Å². The van der Waals surface area contributed by atoms with E-state index in [0.717, 1.165) is 5.56 Å². The zero-order valence-electron chi connectivity index (χ0n) is 15.9. The van der Waals surface area contributed by atoms with Gasteiger partial charge in [0.1, 0.15) is 11.5 Å². The molecule has 0 bridgehead atoms. The summed E-state index contributed by atoms with van der Waals surface area (Å²) in [6, 6.07) is 12.5. The molecule has 2 aromatic carbocycles. The maximum absolute atomic E-state index is 12.2. The predicted molar refractivity (Wildman–Crippen MR) is 107 cm³/mol. The number of carbonyl (C=O) groups excluding carboxylic acids is 1. The highest BCUT2D eigenvalue weighted by molar-refractivity contribution is 5.91. The number of benzene rings is 2. The fourth-order valence-corrected chi connectivity index (χ4v) is 2.67. The number of nitro benzene ring substituents is 1. The summed E-state index contributed by atoms with van der Waals surface area (Å²) in [5, 5.41) is 26.5. The third kappa shape index (κ3) is 5.41. The zero-order valence-corrected chi connectivity index (χ0v) is 15.9. The van der Waals surface area contributed by atoms with Crippen LogP contribution in [0, 0.1) is 17.0 Å². The predicted octanol–water partition coefficient (Wildman–Crippen LogP) is 3.62. The van der Waals surface area contributed by atoms with Crippen LogP contribution in [0.1, 0.15) is 22.5 Å². The van der Waals surface area contributed by atoms with E-state index in [0.29, 0.717) is 5.75 Å². The molecule has 0 radical (unpaired) electrons. The Labute approximate surface area is 170 Å². The average Bonchev–Trinajstić information content (AvgIpc) is 3.15. The highest BCUT2D eigenvalue weighted by atomic mass is 16.6. The minimum absolute atomic E-state index is 0.00248. The molecule has 0 aliphatic heterocycles. The van der Waals surface area contributed by atoms with Gasteiger partial charge in [0, 0.05) is 31.3 Å². The van der Waals surface area contributed by atoms with Crippen LogP contribution in [-0.4, -0.2) is 31.7 Å². The van der Waals surface area contributed by atoms with Gasteiger partial charge < -0.3 is 15.2 Å². The number of nitrogens with zero attached hydrogens (tertiary/aromatic N) is 3. The zero-order chi connectivity index (χ0) is 21.7. The highest BCUT2D eigenvalue weighted by Crippen LogP contribution is 2.30. The Bertz CT molecular complexity index is 1110. The summed E-state index contributed by atoms with van der Waals surface area (Å²) >= 11 is 0. The van der Waals surface area contributed by atoms with Crippen LogP contribution >= 0.6 is 0 Å². The molecular formula is C20H18N4O6. The number of carboxylic acids is 1. The van der Waals surface area contributed by atoms with Crippen molar-refractivity contribution in [3.8, 4) is 11.5 Å². The van der Waals surface area contributed by atoms with E-state index < -0.39 is 16.8 Å². The van der Waals surface area contributed by atoms with Gasteiger partial charge in [-0.1, -0.05) is 12.1 Å². The van der Waals surface area contributed by atoms with Crippen molar-refractivity contribution in [2.24, 2.45) is 0 Å². The molecular weight excluding hydrogens is 392 g/mol. The van der Waals surface area contributed by atoms with Crippen LogP contribution in [0.3, 0.4) is 0 Å². The van der Waals surface area contributed by atoms with E-state index in [1.807, 2.05) is 13.0 Å². The summed E-state index contributed by atoms with van der Waals surface area (Å²) in [6.07, 6.45) is 1.45. The summed E-state index contributed by atoms with van der Waals surface area (Å²) in [4.78, 5) is 33.8. The van der Waals surface area contributed by atoms with E-state index in [1.54, 1.807) is 18.2 Å². The quantitative estimate of drug-likeness (QED) is 0.427. The van der Waals surface area contributed by atoms with E-state index in [2.05, 4.69) is 10.4 Å². The monoisotopic (exact) mass is 410 g/mol. The van der Waals surface area contributed by atoms with Gasteiger partial charge in [-0.2, -0.15) is 5.10 Å². The van der Waals surface area contributed by atoms with E-state index in [-0.39, 0.29) is 35.8 Å². The first-order valence-corrected chi connectivity index (χ1v) is 8.91. The molecule has 0 unspecified atom stereocenters. The number of rotatable bonds is 8. The first-order valence-electron chi connectivity index (χ1n) is 8.91. The Morgan fingerprint density at radius 1 is 1.20 bits per heavy atom. The summed E-state index contributed by atoms with van der Waals surface area (Å²) in [5.41, 5.74) is 0.834. The number of non-ortho nitro benzene ring substituents is 1. The average molecular weight is 410 g/mol. The number of carboxylic acid groups (broad SMARTS) is 1. The number of carbonyl (C=O) groups is 2. The molecule has 0 atom stereocenters. The minimum Gasteiger partial charge on any atom is -0.476 e. The van der Waals surface area contributed by atoms with Gasteiger partial charge in [0.2, 0.25) is 5.91 Å². The smallest absolute Gasteiger partial charge is 0.356 e. The molecule has 1 aromatic heterocycles. The maximum Gasteiger partial charge on any atom is 0.356 e. The van der Waals surface area contributed by atoms with Crippen molar-refractivity contribution in [1.82, 2.24) is 9.78 Å². The van der Waals surface area contributed by atoms with Crippen molar-refractivity contribution in [1.29, 1.82) is 0 Å². The van der Waals surface area contributed by atoms with Crippen LogP contribution in [-0.2, 0) is 11.3 Å². The fourth-order valence-electron chi connectivity index (χ4n) is 2.67. The van der Waals surface area contributed by atoms with Crippen molar-refractivity contribution in [2.75, 3.05) is 5.32 Å². The van der Waals surface area contributed by atoms with Gasteiger partial charge in [0.25, 0.3) is 5.69 Å². The van der Waals surface area contributed by atoms with Crippen LogP contribution in [0.15, 0.2) is 54.7 Å². The largest absolute Gasteiger partial charge is 0.476 e. The van der Waals surface area contributed by atoms with Gasteiger partial charge in [-0.25, -0.2) is 4.79 Å². The number of aryl methyl sites for hydroxylation is 2. The molecule has 0 fully saturated rings. The Balaban J connectivity index is 1.70. The molecule has 0 spiro atoms. The molecule has 0 aliphatic carbocycles. The number of aromatic carboxylic acids is 1. The topological polar surface area (TPSA) is 137 Å². The SMILES string of the molecule is Cc1cccc(Oc2cc(NC(=O)CCn3ccc(C(=O)O)n3)cc([N+](=O)[O-])c2)c1. The third-order valence-corrected chi connectivity index (χ3v) is 4.04. The molecule has 0 saturated carbocycles. The molecule has 1 heterocycles. The number of nitrogens with one attached hydrogen (secondary N) is 1. The Hall–Kier alpha value is -4.21. The molecule has 3 rings (SSSR count). The first kappa shape index (κ1) is 20.5. The van der Waals surface area contributed by atoms with Crippen molar-refractivity contribution < 1.29 is 24.4 Å². The van der Waals surface area contributed by atoms with Crippen molar-refractivity contribution >= 4 is 23.3 Å². The second-order valence-electron chi connectivity index (χ2n) is 6.46. The normalized spacial score (nSPS) is 10.4. The lowest BCUT2D eigenvalue weighted by atomic mass is 10.2. The summed E-state index contributed by atoms with van der Waals surface area (Å²) in [6.45, 7) is 2.05. The van der Waals surface area contributed by atoms with Crippen molar-refractivity contribution in [3.63, 3.8) is 0 Å². The van der Waals surface area contributed by atoms with Gasteiger partial charge in [0.15, 0.2) is 5.69 Å². The van der Waals surface area contributed by atoms with E-state index in [1.165, 1.54) is 35.1 Å². The van der Waals surface area contributed by atoms with E-state index >= 15 is 0 Å². The number of nitro groups is 1. The molecule has 30 heavy (non-hydrogen) atoms. The van der Waals surface area contributed by atoms with E-state index in [4.69, 9.17) is 9.84 Å². The molecule has 10 heteroatoms. The van der Waals surface area contributed by atoms with E-state index in [9.17, 15) is 19.7 Å². The van der Waals surface area contributed by atoms with Gasteiger partial charge in [-0.05, 0) is 30.7 Å². The van der Waals surface area contributed by atoms with Gasteiger partial charge in [-0.15, -0.1) is 0 Å². The van der Waals surface area contributed by atoms with Crippen LogP contribution < -0.4 is 10.1 Å². The summed E-state index contributed by atoms with van der Waals surface area (Å²) < 4.78 is 7.04. The third-order valence-electron chi connectivity index (χ3n) is 4.04. The van der Waals surface area contributed by atoms with Gasteiger partial charge >= 0.3 is 5.97 Å². The van der Waals surface area contributed by atoms with Crippen molar-refractivity contribution in [2.45, 2.75) is 19.9 Å². The lowest BCUT2D eigenvalue weighted by Crippen LogP contribution is -2.15. The molecule has 3 aromatic rings. The number of hydrogen-bond donors (Lipinski definition) is 2. The Kier molecular flexibility index (Phi) is 6.06. The van der Waals surface area contributed by atoms with Gasteiger partial charge in [0.05, 0.1) is 16.7 Å². The summed E-state index contributed by atoms with van der Waals surface area (Å²) in [5.74, 6) is -0.843. The van der Waals surface area contributed by atoms with Crippen LogP contribution in [0.4, 0.5) is 11.4 Å². The first-order chi connectivity index (χ1) is 14.3. The van der Waals surface area contributed by atoms with Crippen molar-refractivity contribution in [3.05, 3.63) is 76.1 Å². The number of hydrogen-bond acceptors (Lipinski definition) is 6. The minimum atomic E-state index is -1.16. The number of amides is 1. The second-order valence-corrected chi connectivity index (χ2v) is 6.46. The number of aromatic nitrogens is 2. The molecule has 10 nitrogen and oxygen atoms in total. The number of anilines is 1. The summed E-state index contributed by atoms with van der Waals surface area (Å²) in [7, 11) is 0. The molecule has 1 amide bonds. The second kappa shape index (κ2) is 8.86. The Morgan fingerprint density at radius 3 is 2.67 bits per heavy atom. The number of ether oxygens (including phenoxy) is 1. The standard InChI is InChI=1S/C20H18N4O6/c1-13-3-2-4-16(9-13)30-17-11-14(10-15(12-17)24(28)29)21-19(25)6-8-23-7-5-18(22-23)20(26)27/h2-5,7,9-12H,6,8H2,1H3,(H,21,25)(H,26,27). The lowest BCUT2D eigenvalue weighted by molar-refractivity contribution is -0.384. The lowest BCUT2D eigenvalue weighted by Gasteiger charge is -2.10. The van der Waals surface area contributed by atoms with Crippen LogP contribution in [0.25, 0.3) is 0 Å². The molecule has 2 N–H and O–H groups in total. The van der Waals surface area contributed by atoms with Crippen LogP contribution in [0.5, 0.6) is 11.5 Å². The molecule has 0 saturated heterocycles. The molecule has 154 valence electrons.